The lowest BCUT2D eigenvalue weighted by Gasteiger charge is -2.34. The Bertz CT molecular complexity index is 1360. The Hall–Kier alpha value is -4.02. The molecule has 1 aliphatic heterocycles. The molecule has 0 fully saturated rings. The Balaban J connectivity index is 1.54. The zero-order valence-electron chi connectivity index (χ0n) is 17.9. The van der Waals surface area contributed by atoms with Gasteiger partial charge in [0.15, 0.2) is 6.10 Å². The molecule has 4 aromatic rings. The highest BCUT2D eigenvalue weighted by molar-refractivity contribution is 7.13. The van der Waals surface area contributed by atoms with Gasteiger partial charge in [-0.1, -0.05) is 31.2 Å². The number of thiazole rings is 1. The van der Waals surface area contributed by atoms with E-state index in [-0.39, 0.29) is 5.91 Å². The van der Waals surface area contributed by atoms with Gasteiger partial charge in [0.25, 0.3) is 5.91 Å². The number of carbonyl (C=O) groups is 1. The SMILES string of the molecule is CCC1Oc2ccc(-c3csc(-c4ccccn4)n3)cc2N(Cc2ccccc2C#N)C1=O. The monoisotopic (exact) mass is 452 g/mol. The average Bonchev–Trinajstić information content (AvgIpc) is 3.36. The summed E-state index contributed by atoms with van der Waals surface area (Å²) < 4.78 is 6.00. The number of hydrogen-bond donors (Lipinski definition) is 0. The molecule has 6 nitrogen and oxygen atoms in total. The minimum Gasteiger partial charge on any atom is -0.478 e. The molecular weight excluding hydrogens is 432 g/mol. The second-order valence-corrected chi connectivity index (χ2v) is 8.50. The first-order valence-electron chi connectivity index (χ1n) is 10.7. The van der Waals surface area contributed by atoms with Gasteiger partial charge in [-0.3, -0.25) is 9.78 Å². The minimum atomic E-state index is -0.548. The molecule has 2 aromatic carbocycles. The summed E-state index contributed by atoms with van der Waals surface area (Å²) in [6, 6.07) is 21.1. The Morgan fingerprint density at radius 1 is 1.12 bits per heavy atom. The van der Waals surface area contributed by atoms with Crippen molar-refractivity contribution in [3.05, 3.63) is 83.4 Å². The maximum absolute atomic E-state index is 13.3. The van der Waals surface area contributed by atoms with Crippen molar-refractivity contribution < 1.29 is 9.53 Å². The van der Waals surface area contributed by atoms with Crippen molar-refractivity contribution in [2.75, 3.05) is 4.90 Å². The van der Waals surface area contributed by atoms with Crippen LogP contribution in [0, 0.1) is 11.3 Å². The van der Waals surface area contributed by atoms with Crippen molar-refractivity contribution in [3.63, 3.8) is 0 Å². The van der Waals surface area contributed by atoms with Crippen LogP contribution >= 0.6 is 11.3 Å². The lowest BCUT2D eigenvalue weighted by molar-refractivity contribution is -0.126. The van der Waals surface area contributed by atoms with Crippen LogP contribution in [0.2, 0.25) is 0 Å². The van der Waals surface area contributed by atoms with E-state index in [0.29, 0.717) is 30.0 Å². The molecule has 0 aliphatic carbocycles. The smallest absolute Gasteiger partial charge is 0.268 e. The Morgan fingerprint density at radius 2 is 1.97 bits per heavy atom. The fraction of sp³-hybridized carbons (Fsp3) is 0.154. The van der Waals surface area contributed by atoms with E-state index >= 15 is 0 Å². The van der Waals surface area contributed by atoms with Gasteiger partial charge in [0, 0.05) is 17.1 Å². The van der Waals surface area contributed by atoms with Crippen LogP contribution in [0.15, 0.2) is 72.2 Å². The molecule has 1 atom stereocenters. The third kappa shape index (κ3) is 3.97. The van der Waals surface area contributed by atoms with Crippen LogP contribution in [0.1, 0.15) is 24.5 Å². The van der Waals surface area contributed by atoms with Crippen LogP contribution < -0.4 is 9.64 Å². The van der Waals surface area contributed by atoms with Crippen molar-refractivity contribution in [2.45, 2.75) is 26.0 Å². The summed E-state index contributed by atoms with van der Waals surface area (Å²) in [5.41, 5.74) is 4.56. The maximum atomic E-state index is 13.3. The van der Waals surface area contributed by atoms with Gasteiger partial charge in [-0.2, -0.15) is 5.26 Å². The third-order valence-corrected chi connectivity index (χ3v) is 6.45. The summed E-state index contributed by atoms with van der Waals surface area (Å²) in [6.07, 6.45) is 1.77. The van der Waals surface area contributed by atoms with Crippen molar-refractivity contribution in [3.8, 4) is 33.8 Å². The number of aromatic nitrogens is 2. The van der Waals surface area contributed by atoms with Gasteiger partial charge in [0.1, 0.15) is 10.8 Å². The predicted octanol–water partition coefficient (Wildman–Crippen LogP) is 5.45. The summed E-state index contributed by atoms with van der Waals surface area (Å²) in [6.45, 7) is 2.23. The third-order valence-electron chi connectivity index (χ3n) is 5.58. The van der Waals surface area contributed by atoms with Gasteiger partial charge in [0.05, 0.1) is 35.3 Å². The summed E-state index contributed by atoms with van der Waals surface area (Å²) in [5, 5.41) is 12.3. The van der Waals surface area contributed by atoms with Crippen LogP contribution in [0.5, 0.6) is 5.75 Å². The first kappa shape index (κ1) is 20.9. The highest BCUT2D eigenvalue weighted by Crippen LogP contribution is 2.39. The molecule has 7 heteroatoms. The van der Waals surface area contributed by atoms with Crippen molar-refractivity contribution >= 4 is 22.9 Å². The van der Waals surface area contributed by atoms with Gasteiger partial charge in [-0.25, -0.2) is 4.98 Å². The lowest BCUT2D eigenvalue weighted by atomic mass is 10.0. The summed E-state index contributed by atoms with van der Waals surface area (Å²) in [4.78, 5) is 24.1. The van der Waals surface area contributed by atoms with E-state index in [1.54, 1.807) is 17.2 Å². The summed E-state index contributed by atoms with van der Waals surface area (Å²) in [7, 11) is 0. The second-order valence-electron chi connectivity index (χ2n) is 7.64. The number of fused-ring (bicyclic) bond motifs is 1. The van der Waals surface area contributed by atoms with E-state index < -0.39 is 6.10 Å². The predicted molar refractivity (Wildman–Crippen MR) is 128 cm³/mol. The first-order chi connectivity index (χ1) is 16.2. The number of ether oxygens (including phenoxy) is 1. The van der Waals surface area contributed by atoms with Crippen molar-refractivity contribution in [1.82, 2.24) is 9.97 Å². The number of hydrogen-bond acceptors (Lipinski definition) is 6. The van der Waals surface area contributed by atoms with Gasteiger partial charge in [-0.15, -0.1) is 11.3 Å². The Morgan fingerprint density at radius 3 is 2.76 bits per heavy atom. The normalized spacial score (nSPS) is 15.0. The van der Waals surface area contributed by atoms with Crippen molar-refractivity contribution in [1.29, 1.82) is 5.26 Å². The van der Waals surface area contributed by atoms with Gasteiger partial charge in [-0.05, 0) is 48.4 Å². The molecule has 0 bridgehead atoms. The summed E-state index contributed by atoms with van der Waals surface area (Å²) >= 11 is 1.53. The molecule has 1 amide bonds. The highest BCUT2D eigenvalue weighted by atomic mass is 32.1. The molecule has 0 saturated carbocycles. The van der Waals surface area contributed by atoms with E-state index in [4.69, 9.17) is 9.72 Å². The molecule has 2 aromatic heterocycles. The number of nitrogens with zero attached hydrogens (tertiary/aromatic N) is 4. The molecule has 5 rings (SSSR count). The lowest BCUT2D eigenvalue weighted by Crippen LogP contribution is -2.45. The molecule has 162 valence electrons. The number of carbonyl (C=O) groups excluding carboxylic acids is 1. The highest BCUT2D eigenvalue weighted by Gasteiger charge is 2.34. The number of anilines is 1. The van der Waals surface area contributed by atoms with Gasteiger partial charge >= 0.3 is 0 Å². The van der Waals surface area contributed by atoms with Crippen LogP contribution in [-0.4, -0.2) is 22.0 Å². The number of benzene rings is 2. The molecule has 1 unspecified atom stereocenters. The summed E-state index contributed by atoms with van der Waals surface area (Å²) in [5.74, 6) is 0.544. The number of nitriles is 1. The Labute approximate surface area is 195 Å². The number of rotatable bonds is 5. The zero-order chi connectivity index (χ0) is 22.8. The van der Waals surface area contributed by atoms with E-state index in [1.165, 1.54) is 11.3 Å². The minimum absolute atomic E-state index is 0.109. The molecule has 0 N–H and O–H groups in total. The van der Waals surface area contributed by atoms with Crippen LogP contribution in [0.3, 0.4) is 0 Å². The van der Waals surface area contributed by atoms with Crippen molar-refractivity contribution in [2.24, 2.45) is 0 Å². The molecule has 33 heavy (non-hydrogen) atoms. The average molecular weight is 453 g/mol. The number of amides is 1. The second kappa shape index (κ2) is 8.85. The van der Waals surface area contributed by atoms with Crippen LogP contribution in [0.4, 0.5) is 5.69 Å². The molecule has 0 spiro atoms. The Kier molecular flexibility index (Phi) is 5.59. The molecule has 0 saturated heterocycles. The molecule has 3 heterocycles. The fourth-order valence-electron chi connectivity index (χ4n) is 3.86. The fourth-order valence-corrected chi connectivity index (χ4v) is 4.66. The van der Waals surface area contributed by atoms with Crippen LogP contribution in [-0.2, 0) is 11.3 Å². The van der Waals surface area contributed by atoms with Gasteiger partial charge < -0.3 is 9.64 Å². The van der Waals surface area contributed by atoms with Gasteiger partial charge in [0.2, 0.25) is 0 Å². The van der Waals surface area contributed by atoms with E-state index in [1.807, 2.05) is 66.9 Å². The molecule has 0 radical (unpaired) electrons. The topological polar surface area (TPSA) is 79.1 Å². The maximum Gasteiger partial charge on any atom is 0.268 e. The first-order valence-corrected chi connectivity index (χ1v) is 11.5. The van der Waals surface area contributed by atoms with E-state index in [2.05, 4.69) is 11.1 Å². The number of pyridine rings is 1. The molecule has 1 aliphatic rings. The molecular formula is C26H20N4O2S. The zero-order valence-corrected chi connectivity index (χ0v) is 18.7. The van der Waals surface area contributed by atoms with E-state index in [0.717, 1.165) is 27.5 Å². The van der Waals surface area contributed by atoms with Crippen LogP contribution in [0.25, 0.3) is 22.0 Å². The quantitative estimate of drug-likeness (QED) is 0.402. The largest absolute Gasteiger partial charge is 0.478 e. The standard InChI is InChI=1S/C26H20N4O2S/c1-2-23-26(31)30(15-19-8-4-3-7-18(19)14-27)22-13-17(10-11-24(22)32-23)21-16-33-25(29-21)20-9-5-6-12-28-20/h3-13,16,23H,2,15H2,1H3. The van der Waals surface area contributed by atoms with E-state index in [9.17, 15) is 10.1 Å².